The minimum absolute atomic E-state index is 0.127. The number of nitrogens with zero attached hydrogens (tertiary/aromatic N) is 3. The normalized spacial score (nSPS) is 18.3. The lowest BCUT2D eigenvalue weighted by molar-refractivity contribution is -0.117. The lowest BCUT2D eigenvalue weighted by Crippen LogP contribution is -2.43. The van der Waals surface area contributed by atoms with Crippen LogP contribution in [-0.4, -0.2) is 34.5 Å². The Balaban J connectivity index is 2.20. The van der Waals surface area contributed by atoms with E-state index in [1.54, 1.807) is 36.6 Å². The number of benzene rings is 1. The van der Waals surface area contributed by atoms with Gasteiger partial charge in [0.25, 0.3) is 0 Å². The zero-order valence-corrected chi connectivity index (χ0v) is 13.2. The smallest absolute Gasteiger partial charge is 0.194 e. The molecule has 0 radical (unpaired) electrons. The molecule has 2 heterocycles. The van der Waals surface area contributed by atoms with Crippen molar-refractivity contribution >= 4 is 11.4 Å². The molecular weight excluding hydrogens is 309 g/mol. The van der Waals surface area contributed by atoms with Crippen LogP contribution < -0.4 is 11.6 Å². The molecule has 0 saturated carbocycles. The molecule has 1 aromatic heterocycles. The number of aromatic nitrogens is 1. The minimum Gasteiger partial charge on any atom is -0.324 e. The molecule has 1 aliphatic rings. The number of Topliss-reactive ketones (excluding diaryl/α,β-unsaturated/α-hetero) is 1. The molecular formula is C17H18FN5O. The Labute approximate surface area is 139 Å². The van der Waals surface area contributed by atoms with Crippen molar-refractivity contribution < 1.29 is 9.18 Å². The molecule has 7 heteroatoms. The molecule has 3 rings (SSSR count). The molecule has 6 nitrogen and oxygen atoms in total. The molecule has 1 unspecified atom stereocenters. The predicted octanol–water partition coefficient (Wildman–Crippen LogP) is 1.24. The maximum absolute atomic E-state index is 13.3. The molecule has 1 aromatic carbocycles. The van der Waals surface area contributed by atoms with Crippen molar-refractivity contribution in [3.63, 3.8) is 0 Å². The van der Waals surface area contributed by atoms with Gasteiger partial charge in [-0.1, -0.05) is 12.1 Å². The van der Waals surface area contributed by atoms with E-state index in [9.17, 15) is 9.18 Å². The van der Waals surface area contributed by atoms with E-state index in [2.05, 4.69) is 4.98 Å². The largest absolute Gasteiger partial charge is 0.324 e. The number of halogens is 1. The topological polar surface area (TPSA) is 88.5 Å². The van der Waals surface area contributed by atoms with Gasteiger partial charge in [0.15, 0.2) is 5.78 Å². The first-order valence-corrected chi connectivity index (χ1v) is 7.45. The average molecular weight is 327 g/mol. The van der Waals surface area contributed by atoms with Gasteiger partial charge in [-0.05, 0) is 35.4 Å². The van der Waals surface area contributed by atoms with E-state index in [0.717, 1.165) is 16.7 Å². The first-order valence-electron chi connectivity index (χ1n) is 7.45. The number of hydrogen-bond donors (Lipinski definition) is 2. The van der Waals surface area contributed by atoms with Crippen molar-refractivity contribution in [1.29, 1.82) is 0 Å². The van der Waals surface area contributed by atoms with Crippen LogP contribution in [-0.2, 0) is 4.79 Å². The van der Waals surface area contributed by atoms with Gasteiger partial charge in [0.05, 0.1) is 12.6 Å². The number of pyridine rings is 1. The summed E-state index contributed by atoms with van der Waals surface area (Å²) in [4.78, 5) is 16.4. The highest BCUT2D eigenvalue weighted by Crippen LogP contribution is 2.43. The number of carbonyl (C=O) groups is 1. The van der Waals surface area contributed by atoms with Crippen molar-refractivity contribution in [1.82, 2.24) is 15.1 Å². The molecule has 0 bridgehead atoms. The lowest BCUT2D eigenvalue weighted by atomic mass is 9.92. The van der Waals surface area contributed by atoms with Gasteiger partial charge in [0.1, 0.15) is 11.5 Å². The molecule has 0 fully saturated rings. The number of likely N-dealkylation sites (N-methyl/N-ethyl adjacent to an activating group) is 1. The van der Waals surface area contributed by atoms with Crippen LogP contribution in [0.3, 0.4) is 0 Å². The fourth-order valence-electron chi connectivity index (χ4n) is 2.94. The number of ketones is 1. The minimum atomic E-state index is -0.427. The summed E-state index contributed by atoms with van der Waals surface area (Å²) in [5, 5.41) is 3.03. The number of hydrogen-bond acceptors (Lipinski definition) is 6. The zero-order chi connectivity index (χ0) is 17.3. The van der Waals surface area contributed by atoms with Gasteiger partial charge in [-0.15, -0.1) is 5.12 Å². The molecule has 1 aliphatic heterocycles. The van der Waals surface area contributed by atoms with Crippen LogP contribution in [0.4, 0.5) is 4.39 Å². The molecule has 1 atom stereocenters. The molecule has 24 heavy (non-hydrogen) atoms. The van der Waals surface area contributed by atoms with Crippen LogP contribution in [0.1, 0.15) is 17.2 Å². The number of carbonyl (C=O) groups excluding carboxylic acids is 1. The van der Waals surface area contributed by atoms with E-state index in [4.69, 9.17) is 11.6 Å². The van der Waals surface area contributed by atoms with Crippen molar-refractivity contribution in [2.24, 2.45) is 11.6 Å². The summed E-state index contributed by atoms with van der Waals surface area (Å²) in [7, 11) is 1.70. The van der Waals surface area contributed by atoms with Gasteiger partial charge in [-0.3, -0.25) is 14.8 Å². The highest BCUT2D eigenvalue weighted by Gasteiger charge is 2.39. The molecule has 2 aromatic rings. The van der Waals surface area contributed by atoms with E-state index >= 15 is 0 Å². The van der Waals surface area contributed by atoms with Crippen LogP contribution in [0.15, 0.2) is 54.5 Å². The van der Waals surface area contributed by atoms with Crippen LogP contribution >= 0.6 is 0 Å². The summed E-state index contributed by atoms with van der Waals surface area (Å²) in [5.74, 6) is 5.67. The Morgan fingerprint density at radius 3 is 2.42 bits per heavy atom. The fraction of sp³-hybridized carbons (Fsp3) is 0.176. The average Bonchev–Trinajstić information content (AvgIpc) is 2.87. The van der Waals surface area contributed by atoms with Gasteiger partial charge < -0.3 is 5.73 Å². The third kappa shape index (κ3) is 2.69. The second-order valence-corrected chi connectivity index (χ2v) is 5.48. The first kappa shape index (κ1) is 16.3. The molecule has 0 amide bonds. The standard InChI is InChI=1S/C17H18FN5O/c1-22-17(14(24)10-19)15(11-6-8-21-9-7-11)16(23(22)20)12-2-4-13(18)5-3-12/h2-9,16H,10,19-20H2,1H3. The van der Waals surface area contributed by atoms with E-state index in [-0.39, 0.29) is 18.1 Å². The van der Waals surface area contributed by atoms with Crippen LogP contribution in [0.25, 0.3) is 5.57 Å². The van der Waals surface area contributed by atoms with Crippen LogP contribution in [0.5, 0.6) is 0 Å². The summed E-state index contributed by atoms with van der Waals surface area (Å²) in [6.07, 6.45) is 3.29. The quantitative estimate of drug-likeness (QED) is 0.822. The summed E-state index contributed by atoms with van der Waals surface area (Å²) in [5.41, 5.74) is 8.32. The number of rotatable bonds is 4. The van der Waals surface area contributed by atoms with E-state index in [1.165, 1.54) is 17.3 Å². The lowest BCUT2D eigenvalue weighted by Gasteiger charge is -2.28. The Morgan fingerprint density at radius 1 is 1.21 bits per heavy atom. The SMILES string of the molecule is CN1C(C(=O)CN)=C(c2ccncc2)C(c2ccc(F)cc2)N1N. The second kappa shape index (κ2) is 6.48. The Morgan fingerprint density at radius 2 is 1.83 bits per heavy atom. The van der Waals surface area contributed by atoms with Crippen molar-refractivity contribution in [3.05, 3.63) is 71.4 Å². The Kier molecular flexibility index (Phi) is 4.39. The summed E-state index contributed by atoms with van der Waals surface area (Å²) >= 11 is 0. The van der Waals surface area contributed by atoms with Crippen LogP contribution in [0, 0.1) is 5.82 Å². The van der Waals surface area contributed by atoms with E-state index in [1.807, 2.05) is 12.1 Å². The number of nitrogens with two attached hydrogens (primary N) is 2. The molecule has 4 N–H and O–H groups in total. The van der Waals surface area contributed by atoms with Gasteiger partial charge in [0, 0.05) is 25.0 Å². The number of hydrazine groups is 2. The van der Waals surface area contributed by atoms with Gasteiger partial charge in [-0.25, -0.2) is 10.2 Å². The summed E-state index contributed by atoms with van der Waals surface area (Å²) in [6.45, 7) is -0.127. The summed E-state index contributed by atoms with van der Waals surface area (Å²) < 4.78 is 13.3. The van der Waals surface area contributed by atoms with Gasteiger partial charge >= 0.3 is 0 Å². The maximum Gasteiger partial charge on any atom is 0.194 e. The maximum atomic E-state index is 13.3. The highest BCUT2D eigenvalue weighted by molar-refractivity contribution is 6.04. The van der Waals surface area contributed by atoms with E-state index in [0.29, 0.717) is 5.70 Å². The highest BCUT2D eigenvalue weighted by atomic mass is 19.1. The Bertz CT molecular complexity index is 775. The van der Waals surface area contributed by atoms with Gasteiger partial charge in [-0.2, -0.15) is 0 Å². The monoisotopic (exact) mass is 327 g/mol. The van der Waals surface area contributed by atoms with Crippen molar-refractivity contribution in [2.45, 2.75) is 6.04 Å². The Hall–Kier alpha value is -2.61. The first-order chi connectivity index (χ1) is 11.5. The molecule has 0 aliphatic carbocycles. The van der Waals surface area contributed by atoms with Gasteiger partial charge in [0.2, 0.25) is 0 Å². The third-order valence-electron chi connectivity index (χ3n) is 4.09. The molecule has 0 saturated heterocycles. The summed E-state index contributed by atoms with van der Waals surface area (Å²) in [6, 6.07) is 9.25. The van der Waals surface area contributed by atoms with E-state index < -0.39 is 6.04 Å². The fourth-order valence-corrected chi connectivity index (χ4v) is 2.94. The van der Waals surface area contributed by atoms with Crippen LogP contribution in [0.2, 0.25) is 0 Å². The molecule has 0 spiro atoms. The predicted molar refractivity (Wildman–Crippen MR) is 88.1 cm³/mol. The third-order valence-corrected chi connectivity index (χ3v) is 4.09. The second-order valence-electron chi connectivity index (χ2n) is 5.48. The van der Waals surface area contributed by atoms with Crippen molar-refractivity contribution in [3.8, 4) is 0 Å². The zero-order valence-electron chi connectivity index (χ0n) is 13.2. The molecule has 124 valence electrons. The van der Waals surface area contributed by atoms with Crippen molar-refractivity contribution in [2.75, 3.05) is 13.6 Å².